The summed E-state index contributed by atoms with van der Waals surface area (Å²) in [5.41, 5.74) is 4.24. The van der Waals surface area contributed by atoms with E-state index in [1.54, 1.807) is 4.40 Å². The molecule has 0 saturated heterocycles. The summed E-state index contributed by atoms with van der Waals surface area (Å²) >= 11 is -1.76. The van der Waals surface area contributed by atoms with Crippen LogP contribution in [0.15, 0.2) is 91.3 Å². The van der Waals surface area contributed by atoms with Crippen molar-refractivity contribution in [2.75, 3.05) is 0 Å². The molecule has 229 valence electrons. The fourth-order valence-electron chi connectivity index (χ4n) is 4.93. The molecule has 0 aliphatic carbocycles. The van der Waals surface area contributed by atoms with Crippen molar-refractivity contribution in [3.8, 4) is 22.5 Å². The van der Waals surface area contributed by atoms with Crippen molar-refractivity contribution in [1.82, 2.24) is 9.97 Å². The van der Waals surface area contributed by atoms with Gasteiger partial charge in [-0.3, -0.25) is 0 Å². The molecule has 1 radical (unpaired) electrons. The molecule has 0 N–H and O–H groups in total. The van der Waals surface area contributed by atoms with E-state index in [4.69, 9.17) is 4.98 Å². The number of rotatable bonds is 5. The summed E-state index contributed by atoms with van der Waals surface area (Å²) in [6.45, 7) is 7.00. The average molecular weight is 912 g/mol. The Hall–Kier alpha value is -1.87. The molecule has 0 aliphatic rings. The number of nitrogens with zero attached hydrogens (tertiary/aromatic N) is 2. The third-order valence-corrected chi connectivity index (χ3v) is 19.6. The Morgan fingerprint density at radius 2 is 1.34 bits per heavy atom. The van der Waals surface area contributed by atoms with Gasteiger partial charge >= 0.3 is 172 Å². The minimum absolute atomic E-state index is 0. The SMILES string of the molecule is C[Si](C)(C)c1ccc(-c2[c-]cccc2)nc1.[CH3][Ge]([CH3])([CH3])[c]1ccc(-c2[c-]ccc3c2sc2c[c]([Ge]([CH3])([CH3])[CH3])ccc23)nc1.[Ir]. The van der Waals surface area contributed by atoms with E-state index in [9.17, 15) is 0 Å². The van der Waals surface area contributed by atoms with Gasteiger partial charge in [-0.15, -0.1) is 35.9 Å². The van der Waals surface area contributed by atoms with Crippen LogP contribution in [0.5, 0.6) is 0 Å². The predicted molar refractivity (Wildman–Crippen MR) is 199 cm³/mol. The first-order chi connectivity index (χ1) is 20.2. The second-order valence-electron chi connectivity index (χ2n) is 14.3. The molecule has 2 nitrogen and oxygen atoms in total. The third kappa shape index (κ3) is 8.09. The van der Waals surface area contributed by atoms with Gasteiger partial charge < -0.3 is 4.98 Å². The quantitative estimate of drug-likeness (QED) is 0.128. The second kappa shape index (κ2) is 13.9. The van der Waals surface area contributed by atoms with E-state index in [-0.39, 0.29) is 20.1 Å². The minimum Gasteiger partial charge on any atom is 0 e. The van der Waals surface area contributed by atoms with Crippen molar-refractivity contribution in [2.45, 2.75) is 54.2 Å². The first kappa shape index (κ1) is 35.0. The van der Waals surface area contributed by atoms with Crippen molar-refractivity contribution in [3.63, 3.8) is 0 Å². The van der Waals surface area contributed by atoms with Crippen LogP contribution in [0, 0.1) is 12.1 Å². The van der Waals surface area contributed by atoms with Crippen LogP contribution >= 0.6 is 11.3 Å². The Balaban J connectivity index is 0.000000223. The molecule has 0 amide bonds. The van der Waals surface area contributed by atoms with E-state index in [1.807, 2.05) is 41.8 Å². The van der Waals surface area contributed by atoms with Crippen LogP contribution in [0.4, 0.5) is 0 Å². The molecule has 0 spiro atoms. The van der Waals surface area contributed by atoms with Gasteiger partial charge in [0.05, 0.1) is 8.07 Å². The van der Waals surface area contributed by atoms with Crippen molar-refractivity contribution >= 4 is 80.1 Å². The van der Waals surface area contributed by atoms with Gasteiger partial charge in [-0.1, -0.05) is 31.8 Å². The third-order valence-electron chi connectivity index (χ3n) is 7.80. The van der Waals surface area contributed by atoms with Crippen molar-refractivity contribution in [2.24, 2.45) is 0 Å². The smallest absolute Gasteiger partial charge is 0 e. The number of hydrogen-bond donors (Lipinski definition) is 0. The number of hydrogen-bond acceptors (Lipinski definition) is 3. The van der Waals surface area contributed by atoms with Gasteiger partial charge in [0.15, 0.2) is 0 Å². The fourth-order valence-corrected chi connectivity index (χ4v) is 12.0. The molecule has 44 heavy (non-hydrogen) atoms. The molecule has 0 unspecified atom stereocenters. The molecule has 0 aliphatic heterocycles. The normalized spacial score (nSPS) is 12.0. The van der Waals surface area contributed by atoms with E-state index >= 15 is 0 Å². The Morgan fingerprint density at radius 3 is 1.91 bits per heavy atom. The zero-order valence-corrected chi connectivity index (χ0v) is 35.7. The Kier molecular flexibility index (Phi) is 11.0. The molecule has 7 heteroatoms. The van der Waals surface area contributed by atoms with E-state index in [0.717, 1.165) is 22.5 Å². The second-order valence-corrected chi connectivity index (χ2v) is 41.7. The standard InChI is InChI=1S/C23H26Ge2NS.C14H16NSi.Ir/c1-24(2,3)16-10-12-18-19-8-7-9-20(23(19)27-22(18)14-16)21-13-11-17(15-26-21)25(4,5)6;1-16(2,3)13-9-10-14(15-11-13)12-7-5-4-6-8-12;/h7-8,10-15H,1-6H3;4-7,9-11H,1-3H3;/q2*-1;. The predicted octanol–water partition coefficient (Wildman–Crippen LogP) is 9.10. The Labute approximate surface area is 287 Å². The van der Waals surface area contributed by atoms with Crippen molar-refractivity contribution < 1.29 is 20.1 Å². The number of benzene rings is 3. The van der Waals surface area contributed by atoms with E-state index in [1.165, 1.54) is 29.8 Å². The summed E-state index contributed by atoms with van der Waals surface area (Å²) in [4.78, 5) is 9.34. The van der Waals surface area contributed by atoms with Crippen molar-refractivity contribution in [3.05, 3.63) is 103 Å². The summed E-state index contributed by atoms with van der Waals surface area (Å²) < 4.78 is 5.72. The van der Waals surface area contributed by atoms with E-state index in [0.29, 0.717) is 0 Å². The Bertz CT molecular complexity index is 1850. The molecular weight excluding hydrogens is 870 g/mol. The average Bonchev–Trinajstić information content (AvgIpc) is 3.35. The maximum Gasteiger partial charge on any atom is 0 e. The van der Waals surface area contributed by atoms with Crippen LogP contribution in [-0.2, 0) is 20.1 Å². The van der Waals surface area contributed by atoms with E-state index < -0.39 is 34.6 Å². The van der Waals surface area contributed by atoms with Gasteiger partial charge in [-0.05, 0) is 10.9 Å². The maximum atomic E-state index is 4.82. The summed E-state index contributed by atoms with van der Waals surface area (Å²) in [5.74, 6) is 14.6. The molecule has 3 aromatic carbocycles. The molecule has 0 bridgehead atoms. The summed E-state index contributed by atoms with van der Waals surface area (Å²) in [7, 11) is -1.23. The number of aromatic nitrogens is 2. The zero-order chi connectivity index (χ0) is 31.0. The molecule has 6 rings (SSSR count). The zero-order valence-electron chi connectivity index (χ0n) is 27.3. The van der Waals surface area contributed by atoms with Crippen LogP contribution in [-0.4, -0.2) is 44.6 Å². The van der Waals surface area contributed by atoms with Gasteiger partial charge in [0.2, 0.25) is 0 Å². The van der Waals surface area contributed by atoms with Crippen LogP contribution in [0.25, 0.3) is 42.7 Å². The summed E-state index contributed by atoms with van der Waals surface area (Å²) in [6.07, 6.45) is 4.11. The van der Waals surface area contributed by atoms with Crippen LogP contribution < -0.4 is 14.0 Å². The van der Waals surface area contributed by atoms with Gasteiger partial charge in [-0.2, -0.15) is 0 Å². The first-order valence-corrected chi connectivity index (χ1v) is 34.0. The van der Waals surface area contributed by atoms with Gasteiger partial charge in [-0.25, -0.2) is 0 Å². The molecule has 6 aromatic rings. The van der Waals surface area contributed by atoms with Gasteiger partial charge in [0.25, 0.3) is 0 Å². The molecule has 0 saturated carbocycles. The first-order valence-electron chi connectivity index (χ1n) is 15.0. The summed E-state index contributed by atoms with van der Waals surface area (Å²) in [6, 6.07) is 34.8. The number of thiophene rings is 1. The Morgan fingerprint density at radius 1 is 0.659 bits per heavy atom. The van der Waals surface area contributed by atoms with Crippen LogP contribution in [0.2, 0.25) is 54.2 Å². The largest absolute Gasteiger partial charge is 0 e. The van der Waals surface area contributed by atoms with Gasteiger partial charge in [0, 0.05) is 26.3 Å². The number of pyridine rings is 2. The molecule has 3 heterocycles. The van der Waals surface area contributed by atoms with Crippen molar-refractivity contribution in [1.29, 1.82) is 0 Å². The monoisotopic (exact) mass is 915 g/mol. The fraction of sp³-hybridized carbons (Fsp3) is 0.243. The van der Waals surface area contributed by atoms with Crippen LogP contribution in [0.1, 0.15) is 0 Å². The van der Waals surface area contributed by atoms with Crippen LogP contribution in [0.3, 0.4) is 0 Å². The maximum absolute atomic E-state index is 4.82. The molecule has 3 aromatic heterocycles. The number of fused-ring (bicyclic) bond motifs is 3. The van der Waals surface area contributed by atoms with Gasteiger partial charge in [0.1, 0.15) is 0 Å². The summed E-state index contributed by atoms with van der Waals surface area (Å²) in [5, 5.41) is 4.09. The molecule has 0 fully saturated rings. The topological polar surface area (TPSA) is 25.8 Å². The minimum atomic E-state index is -1.83. The molecule has 0 atom stereocenters. The van der Waals surface area contributed by atoms with E-state index in [2.05, 4.69) is 132 Å². The molecular formula is C37H42Ge2IrN2SSi-2.